The summed E-state index contributed by atoms with van der Waals surface area (Å²) in [5.41, 5.74) is 1.51. The molecule has 0 saturated heterocycles. The maximum atomic E-state index is 13.4. The van der Waals surface area contributed by atoms with Crippen molar-refractivity contribution in [3.63, 3.8) is 0 Å². The van der Waals surface area contributed by atoms with Crippen molar-refractivity contribution in [3.8, 4) is 22.8 Å². The lowest BCUT2D eigenvalue weighted by atomic mass is 10.2. The van der Waals surface area contributed by atoms with Crippen LogP contribution in [0.15, 0.2) is 42.6 Å². The van der Waals surface area contributed by atoms with Crippen LogP contribution in [0.25, 0.3) is 16.9 Å². The van der Waals surface area contributed by atoms with Crippen LogP contribution in [0.1, 0.15) is 0 Å². The van der Waals surface area contributed by atoms with E-state index >= 15 is 0 Å². The quantitative estimate of drug-likeness (QED) is 0.546. The third-order valence-corrected chi connectivity index (χ3v) is 3.55. The highest BCUT2D eigenvalue weighted by atomic mass is 35.5. The second-order valence-electron chi connectivity index (χ2n) is 4.61. The van der Waals surface area contributed by atoms with E-state index in [2.05, 4.69) is 14.8 Å². The highest BCUT2D eigenvalue weighted by Gasteiger charge is 2.16. The van der Waals surface area contributed by atoms with Crippen LogP contribution in [0, 0.1) is 5.82 Å². The fourth-order valence-electron chi connectivity index (χ4n) is 2.08. The van der Waals surface area contributed by atoms with Gasteiger partial charge in [-0.15, -0.1) is 5.10 Å². The first-order valence-electron chi connectivity index (χ1n) is 6.52. The molecule has 6 nitrogen and oxygen atoms in total. The number of hydrogen-bond donors (Lipinski definition) is 1. The molecule has 0 unspecified atom stereocenters. The van der Waals surface area contributed by atoms with Crippen molar-refractivity contribution in [2.75, 3.05) is 0 Å². The normalized spacial score (nSPS) is 10.6. The van der Waals surface area contributed by atoms with Crippen LogP contribution in [-0.4, -0.2) is 26.0 Å². The number of halogens is 3. The molecule has 3 rings (SSSR count). The lowest BCUT2D eigenvalue weighted by Gasteiger charge is -2.08. The molecule has 0 spiro atoms. The first kappa shape index (κ1) is 16.2. The predicted octanol–water partition coefficient (Wildman–Crippen LogP) is 4.44. The molecule has 2 aromatic heterocycles. The summed E-state index contributed by atoms with van der Waals surface area (Å²) in [5, 5.41) is 13.0. The number of nitrogens with zero attached hydrogens (tertiary/aromatic N) is 3. The molecule has 0 fully saturated rings. The summed E-state index contributed by atoms with van der Waals surface area (Å²) in [4.78, 5) is 14.6. The van der Waals surface area contributed by atoms with Crippen LogP contribution < -0.4 is 4.74 Å². The van der Waals surface area contributed by atoms with Gasteiger partial charge in [0, 0.05) is 17.8 Å². The largest absolute Gasteiger partial charge is 0.512 e. The molecule has 1 N–H and O–H groups in total. The molecule has 0 amide bonds. The Bertz CT molecular complexity index is 930. The van der Waals surface area contributed by atoms with Gasteiger partial charge in [0.25, 0.3) is 0 Å². The van der Waals surface area contributed by atoms with E-state index in [0.717, 1.165) is 0 Å². The average Bonchev–Trinajstić information content (AvgIpc) is 2.93. The molecule has 122 valence electrons. The summed E-state index contributed by atoms with van der Waals surface area (Å²) in [5.74, 6) is -0.728. The highest BCUT2D eigenvalue weighted by molar-refractivity contribution is 6.31. The standard InChI is InChI=1S/C15H8Cl2FN3O3/c16-10-6-9(1-2-11(10)18)21-12(7-14(20-21)24-15(22)23)8-3-4-19-13(17)5-8/h1-7H,(H,22,23). The zero-order chi connectivity index (χ0) is 17.3. The van der Waals surface area contributed by atoms with Crippen LogP contribution in [0.2, 0.25) is 10.2 Å². The van der Waals surface area contributed by atoms with Gasteiger partial charge in [0.2, 0.25) is 5.88 Å². The van der Waals surface area contributed by atoms with E-state index < -0.39 is 12.0 Å². The molecule has 0 aliphatic heterocycles. The van der Waals surface area contributed by atoms with Gasteiger partial charge in [-0.05, 0) is 30.3 Å². The van der Waals surface area contributed by atoms with Crippen LogP contribution >= 0.6 is 23.2 Å². The van der Waals surface area contributed by atoms with Crippen LogP contribution in [0.3, 0.4) is 0 Å². The van der Waals surface area contributed by atoms with E-state index in [-0.39, 0.29) is 16.1 Å². The molecule has 24 heavy (non-hydrogen) atoms. The minimum atomic E-state index is -1.50. The Balaban J connectivity index is 2.17. The van der Waals surface area contributed by atoms with Crippen molar-refractivity contribution < 1.29 is 19.0 Å². The van der Waals surface area contributed by atoms with E-state index in [1.165, 1.54) is 35.1 Å². The molecular weight excluding hydrogens is 360 g/mol. The molecule has 3 aromatic rings. The van der Waals surface area contributed by atoms with Crippen molar-refractivity contribution >= 4 is 29.4 Å². The molecule has 0 aliphatic rings. The zero-order valence-corrected chi connectivity index (χ0v) is 13.3. The van der Waals surface area contributed by atoms with Gasteiger partial charge < -0.3 is 9.84 Å². The Morgan fingerprint density at radius 2 is 2.00 bits per heavy atom. The van der Waals surface area contributed by atoms with Gasteiger partial charge in [-0.2, -0.15) is 0 Å². The summed E-state index contributed by atoms with van der Waals surface area (Å²) in [6, 6.07) is 8.64. The van der Waals surface area contributed by atoms with Crippen molar-refractivity contribution in [1.29, 1.82) is 0 Å². The smallest absolute Gasteiger partial charge is 0.449 e. The summed E-state index contributed by atoms with van der Waals surface area (Å²) in [6.07, 6.45) is -0.0132. The Morgan fingerprint density at radius 3 is 2.67 bits per heavy atom. The second kappa shape index (κ2) is 6.46. The average molecular weight is 368 g/mol. The van der Waals surface area contributed by atoms with Gasteiger partial charge in [-0.25, -0.2) is 18.9 Å². The second-order valence-corrected chi connectivity index (χ2v) is 5.41. The maximum Gasteiger partial charge on any atom is 0.512 e. The number of aromatic nitrogens is 3. The van der Waals surface area contributed by atoms with Gasteiger partial charge in [0.05, 0.1) is 16.4 Å². The molecule has 0 saturated carbocycles. The van der Waals surface area contributed by atoms with Gasteiger partial charge in [-0.3, -0.25) is 0 Å². The molecular formula is C15H8Cl2FN3O3. The molecule has 2 heterocycles. The number of hydrogen-bond acceptors (Lipinski definition) is 4. The van der Waals surface area contributed by atoms with Crippen molar-refractivity contribution in [2.45, 2.75) is 0 Å². The highest BCUT2D eigenvalue weighted by Crippen LogP contribution is 2.29. The van der Waals surface area contributed by atoms with Crippen molar-refractivity contribution in [1.82, 2.24) is 14.8 Å². The molecule has 0 bridgehead atoms. The molecule has 9 heteroatoms. The summed E-state index contributed by atoms with van der Waals surface area (Å²) >= 11 is 11.7. The lowest BCUT2D eigenvalue weighted by molar-refractivity contribution is 0.142. The third-order valence-electron chi connectivity index (χ3n) is 3.05. The van der Waals surface area contributed by atoms with E-state index in [0.29, 0.717) is 16.9 Å². The fourth-order valence-corrected chi connectivity index (χ4v) is 2.43. The number of benzene rings is 1. The number of carboxylic acid groups (broad SMARTS) is 1. The first-order chi connectivity index (χ1) is 11.4. The number of rotatable bonds is 3. The number of carbonyl (C=O) groups is 1. The van der Waals surface area contributed by atoms with E-state index in [1.807, 2.05) is 0 Å². The van der Waals surface area contributed by atoms with E-state index in [9.17, 15) is 9.18 Å². The van der Waals surface area contributed by atoms with Crippen molar-refractivity contribution in [2.24, 2.45) is 0 Å². The van der Waals surface area contributed by atoms with Crippen molar-refractivity contribution in [3.05, 3.63) is 58.6 Å². The Kier molecular flexibility index (Phi) is 4.37. The Labute approximate surface area is 145 Å². The monoisotopic (exact) mass is 367 g/mol. The minimum absolute atomic E-state index is 0.0950. The molecule has 0 radical (unpaired) electrons. The lowest BCUT2D eigenvalue weighted by Crippen LogP contribution is -2.04. The van der Waals surface area contributed by atoms with E-state index in [4.69, 9.17) is 28.3 Å². The fraction of sp³-hybridized carbons (Fsp3) is 0. The van der Waals surface area contributed by atoms with Crippen LogP contribution in [0.5, 0.6) is 5.88 Å². The minimum Gasteiger partial charge on any atom is -0.449 e. The van der Waals surface area contributed by atoms with Gasteiger partial charge >= 0.3 is 6.16 Å². The summed E-state index contributed by atoms with van der Waals surface area (Å²) in [6.45, 7) is 0. The Morgan fingerprint density at radius 1 is 1.21 bits per heavy atom. The summed E-state index contributed by atoms with van der Waals surface area (Å²) < 4.78 is 19.3. The zero-order valence-electron chi connectivity index (χ0n) is 11.8. The molecule has 0 aliphatic carbocycles. The van der Waals surface area contributed by atoms with Gasteiger partial charge in [0.1, 0.15) is 11.0 Å². The maximum absolute atomic E-state index is 13.4. The predicted molar refractivity (Wildman–Crippen MR) is 85.4 cm³/mol. The SMILES string of the molecule is O=C(O)Oc1cc(-c2ccnc(Cl)c2)n(-c2ccc(F)c(Cl)c2)n1. The van der Waals surface area contributed by atoms with Gasteiger partial charge in [0.15, 0.2) is 0 Å². The number of ether oxygens (including phenoxy) is 1. The third kappa shape index (κ3) is 3.32. The molecule has 0 atom stereocenters. The first-order valence-corrected chi connectivity index (χ1v) is 7.28. The van der Waals surface area contributed by atoms with Gasteiger partial charge in [-0.1, -0.05) is 23.2 Å². The summed E-state index contributed by atoms with van der Waals surface area (Å²) in [7, 11) is 0. The number of pyridine rings is 1. The van der Waals surface area contributed by atoms with E-state index in [1.54, 1.807) is 12.1 Å². The molecule has 1 aromatic carbocycles. The van der Waals surface area contributed by atoms with Crippen LogP contribution in [0.4, 0.5) is 9.18 Å². The topological polar surface area (TPSA) is 77.2 Å². The Hall–Kier alpha value is -2.64. The van der Waals surface area contributed by atoms with Crippen LogP contribution in [-0.2, 0) is 0 Å².